The van der Waals surface area contributed by atoms with Crippen molar-refractivity contribution in [2.45, 2.75) is 33.2 Å². The van der Waals surface area contributed by atoms with Crippen LogP contribution >= 0.6 is 0 Å². The summed E-state index contributed by atoms with van der Waals surface area (Å²) in [7, 11) is 0. The van der Waals surface area contributed by atoms with Crippen molar-refractivity contribution in [3.05, 3.63) is 64.7 Å². The maximum Gasteiger partial charge on any atom is 0.124 e. The van der Waals surface area contributed by atoms with Crippen LogP contribution in [-0.4, -0.2) is 6.61 Å². The van der Waals surface area contributed by atoms with Gasteiger partial charge >= 0.3 is 0 Å². The zero-order valence-electron chi connectivity index (χ0n) is 12.5. The molecular formula is C18H23NO. The van der Waals surface area contributed by atoms with Crippen LogP contribution in [0.3, 0.4) is 0 Å². The summed E-state index contributed by atoms with van der Waals surface area (Å²) in [6.45, 7) is 7.05. The first-order valence-electron chi connectivity index (χ1n) is 7.18. The van der Waals surface area contributed by atoms with Gasteiger partial charge in [0.15, 0.2) is 0 Å². The molecule has 2 aromatic carbocycles. The van der Waals surface area contributed by atoms with Gasteiger partial charge in [-0.05, 0) is 43.0 Å². The molecule has 2 heteroatoms. The van der Waals surface area contributed by atoms with E-state index in [0.717, 1.165) is 29.9 Å². The molecule has 2 rings (SSSR count). The van der Waals surface area contributed by atoms with Crippen molar-refractivity contribution >= 4 is 0 Å². The second kappa shape index (κ2) is 6.58. The summed E-state index contributed by atoms with van der Waals surface area (Å²) in [6, 6.07) is 14.3. The van der Waals surface area contributed by atoms with E-state index in [2.05, 4.69) is 39.0 Å². The summed E-state index contributed by atoms with van der Waals surface area (Å²) >= 11 is 0. The zero-order chi connectivity index (χ0) is 14.5. The highest BCUT2D eigenvalue weighted by Gasteiger charge is 2.14. The second-order valence-corrected chi connectivity index (χ2v) is 5.21. The molecule has 0 radical (unpaired) electrons. The Bertz CT molecular complexity index is 577. The van der Waals surface area contributed by atoms with Crippen molar-refractivity contribution in [2.24, 2.45) is 5.73 Å². The van der Waals surface area contributed by atoms with Crippen molar-refractivity contribution in [3.8, 4) is 5.75 Å². The van der Waals surface area contributed by atoms with E-state index in [1.54, 1.807) is 0 Å². The normalized spacial score (nSPS) is 12.2. The van der Waals surface area contributed by atoms with E-state index in [4.69, 9.17) is 10.5 Å². The largest absolute Gasteiger partial charge is 0.493 e. The minimum Gasteiger partial charge on any atom is -0.493 e. The molecule has 0 fully saturated rings. The molecule has 20 heavy (non-hydrogen) atoms. The third kappa shape index (κ3) is 3.20. The molecule has 0 aromatic heterocycles. The average Bonchev–Trinajstić information content (AvgIpc) is 2.47. The number of aryl methyl sites for hydroxylation is 2. The summed E-state index contributed by atoms with van der Waals surface area (Å²) in [5.74, 6) is 0.889. The molecule has 0 saturated carbocycles. The lowest BCUT2D eigenvalue weighted by Crippen LogP contribution is -2.14. The van der Waals surface area contributed by atoms with Crippen LogP contribution in [0.1, 0.15) is 41.6 Å². The zero-order valence-corrected chi connectivity index (χ0v) is 12.5. The van der Waals surface area contributed by atoms with Gasteiger partial charge in [0.05, 0.1) is 12.6 Å². The molecule has 1 atom stereocenters. The lowest BCUT2D eigenvalue weighted by Gasteiger charge is -2.18. The van der Waals surface area contributed by atoms with Crippen molar-refractivity contribution in [2.75, 3.05) is 6.61 Å². The van der Waals surface area contributed by atoms with Gasteiger partial charge in [0.25, 0.3) is 0 Å². The summed E-state index contributed by atoms with van der Waals surface area (Å²) in [5, 5.41) is 0. The van der Waals surface area contributed by atoms with Gasteiger partial charge in [0.1, 0.15) is 5.75 Å². The summed E-state index contributed by atoms with van der Waals surface area (Å²) in [6.07, 6.45) is 0.993. The summed E-state index contributed by atoms with van der Waals surface area (Å²) in [5.41, 5.74) is 11.2. The van der Waals surface area contributed by atoms with E-state index >= 15 is 0 Å². The molecule has 106 valence electrons. The second-order valence-electron chi connectivity index (χ2n) is 5.21. The first-order valence-corrected chi connectivity index (χ1v) is 7.18. The molecule has 2 N–H and O–H groups in total. The van der Waals surface area contributed by atoms with Crippen LogP contribution in [0.2, 0.25) is 0 Å². The van der Waals surface area contributed by atoms with Gasteiger partial charge in [-0.1, -0.05) is 43.3 Å². The van der Waals surface area contributed by atoms with Gasteiger partial charge in [-0.25, -0.2) is 0 Å². The Kier molecular flexibility index (Phi) is 4.80. The van der Waals surface area contributed by atoms with Gasteiger partial charge in [-0.3, -0.25) is 0 Å². The van der Waals surface area contributed by atoms with Crippen LogP contribution in [0.25, 0.3) is 0 Å². The van der Waals surface area contributed by atoms with Crippen LogP contribution in [0.15, 0.2) is 42.5 Å². The Labute approximate surface area is 121 Å². The van der Waals surface area contributed by atoms with Crippen molar-refractivity contribution in [3.63, 3.8) is 0 Å². The van der Waals surface area contributed by atoms with Gasteiger partial charge in [0.2, 0.25) is 0 Å². The Balaban J connectivity index is 2.32. The number of rotatable bonds is 5. The fraction of sp³-hybridized carbons (Fsp3) is 0.333. The van der Waals surface area contributed by atoms with Crippen molar-refractivity contribution in [1.82, 2.24) is 0 Å². The van der Waals surface area contributed by atoms with Crippen LogP contribution < -0.4 is 10.5 Å². The molecule has 0 spiro atoms. The maximum absolute atomic E-state index is 6.43. The predicted octanol–water partition coefficient (Wildman–Crippen LogP) is 4.14. The highest BCUT2D eigenvalue weighted by atomic mass is 16.5. The fourth-order valence-corrected chi connectivity index (χ4v) is 2.22. The van der Waals surface area contributed by atoms with E-state index in [1.165, 1.54) is 11.1 Å². The lowest BCUT2D eigenvalue weighted by atomic mass is 9.96. The summed E-state index contributed by atoms with van der Waals surface area (Å²) in [4.78, 5) is 0. The third-order valence-electron chi connectivity index (χ3n) is 3.61. The van der Waals surface area contributed by atoms with Crippen molar-refractivity contribution in [1.29, 1.82) is 0 Å². The topological polar surface area (TPSA) is 35.2 Å². The molecule has 0 heterocycles. The molecule has 2 nitrogen and oxygen atoms in total. The molecular weight excluding hydrogens is 246 g/mol. The third-order valence-corrected chi connectivity index (χ3v) is 3.61. The SMILES string of the molecule is CCCOc1ccccc1C(N)c1ccc(C)c(C)c1. The van der Waals surface area contributed by atoms with E-state index in [-0.39, 0.29) is 6.04 Å². The lowest BCUT2D eigenvalue weighted by molar-refractivity contribution is 0.313. The Morgan fingerprint density at radius 3 is 2.50 bits per heavy atom. The summed E-state index contributed by atoms with van der Waals surface area (Å²) < 4.78 is 5.80. The molecule has 0 aliphatic heterocycles. The van der Waals surface area contributed by atoms with Crippen LogP contribution in [0, 0.1) is 13.8 Å². The molecule has 0 amide bonds. The van der Waals surface area contributed by atoms with Crippen LogP contribution in [-0.2, 0) is 0 Å². The van der Waals surface area contributed by atoms with Gasteiger partial charge in [0, 0.05) is 5.56 Å². The molecule has 0 bridgehead atoms. The quantitative estimate of drug-likeness (QED) is 0.885. The van der Waals surface area contributed by atoms with E-state index in [1.807, 2.05) is 24.3 Å². The van der Waals surface area contributed by atoms with Gasteiger partial charge in [-0.15, -0.1) is 0 Å². The first kappa shape index (κ1) is 14.6. The number of para-hydroxylation sites is 1. The Hall–Kier alpha value is -1.80. The molecule has 0 aliphatic carbocycles. The van der Waals surface area contributed by atoms with Crippen molar-refractivity contribution < 1.29 is 4.74 Å². The minimum atomic E-state index is -0.151. The Morgan fingerprint density at radius 2 is 1.80 bits per heavy atom. The maximum atomic E-state index is 6.43. The molecule has 0 saturated heterocycles. The highest BCUT2D eigenvalue weighted by Crippen LogP contribution is 2.29. The van der Waals surface area contributed by atoms with E-state index in [9.17, 15) is 0 Å². The molecule has 1 unspecified atom stereocenters. The fourth-order valence-electron chi connectivity index (χ4n) is 2.22. The van der Waals surface area contributed by atoms with E-state index < -0.39 is 0 Å². The number of ether oxygens (including phenoxy) is 1. The average molecular weight is 269 g/mol. The van der Waals surface area contributed by atoms with Gasteiger partial charge < -0.3 is 10.5 Å². The first-order chi connectivity index (χ1) is 9.63. The number of hydrogen-bond donors (Lipinski definition) is 1. The minimum absolute atomic E-state index is 0.151. The van der Waals surface area contributed by atoms with Gasteiger partial charge in [-0.2, -0.15) is 0 Å². The highest BCUT2D eigenvalue weighted by molar-refractivity contribution is 5.43. The monoisotopic (exact) mass is 269 g/mol. The smallest absolute Gasteiger partial charge is 0.124 e. The van der Waals surface area contributed by atoms with Crippen LogP contribution in [0.5, 0.6) is 5.75 Å². The molecule has 0 aliphatic rings. The number of nitrogens with two attached hydrogens (primary N) is 1. The molecule has 2 aromatic rings. The Morgan fingerprint density at radius 1 is 1.05 bits per heavy atom. The number of benzene rings is 2. The predicted molar refractivity (Wildman–Crippen MR) is 84.2 cm³/mol. The van der Waals surface area contributed by atoms with Crippen LogP contribution in [0.4, 0.5) is 0 Å². The standard InChI is InChI=1S/C18H23NO/c1-4-11-20-17-8-6-5-7-16(17)18(19)15-10-9-13(2)14(3)12-15/h5-10,12,18H,4,11,19H2,1-3H3. The number of hydrogen-bond acceptors (Lipinski definition) is 2. The van der Waals surface area contributed by atoms with E-state index in [0.29, 0.717) is 0 Å².